The van der Waals surface area contributed by atoms with E-state index in [1.54, 1.807) is 6.08 Å². The van der Waals surface area contributed by atoms with Gasteiger partial charge >= 0.3 is 5.97 Å². The zero-order chi connectivity index (χ0) is 15.8. The molecule has 3 nitrogen and oxygen atoms in total. The van der Waals surface area contributed by atoms with Gasteiger partial charge in [0.1, 0.15) is 12.4 Å². The lowest BCUT2D eigenvalue weighted by Gasteiger charge is -2.09. The number of carbonyl (C=O) groups is 1. The minimum absolute atomic E-state index is 0.0510. The van der Waals surface area contributed by atoms with E-state index in [4.69, 9.17) is 9.84 Å². The monoisotopic (exact) mass is 296 g/mol. The SMILES string of the molecule is CC/C(=C\CC(=O)O)c1ccc(OCc2ccccc2)cc1. The van der Waals surface area contributed by atoms with Crippen LogP contribution in [0.2, 0.25) is 0 Å². The molecule has 2 rings (SSSR count). The average Bonchev–Trinajstić information content (AvgIpc) is 2.55. The normalized spacial score (nSPS) is 11.2. The van der Waals surface area contributed by atoms with E-state index in [0.29, 0.717) is 6.61 Å². The number of benzene rings is 2. The first kappa shape index (κ1) is 15.8. The third-order valence-electron chi connectivity index (χ3n) is 3.38. The number of carboxylic acid groups (broad SMARTS) is 1. The van der Waals surface area contributed by atoms with E-state index in [2.05, 4.69) is 0 Å². The molecule has 0 radical (unpaired) electrons. The Labute approximate surface area is 130 Å². The molecule has 0 atom stereocenters. The summed E-state index contributed by atoms with van der Waals surface area (Å²) in [5, 5.41) is 8.76. The number of hydrogen-bond acceptors (Lipinski definition) is 2. The van der Waals surface area contributed by atoms with Gasteiger partial charge in [0.2, 0.25) is 0 Å². The topological polar surface area (TPSA) is 46.5 Å². The quantitative estimate of drug-likeness (QED) is 0.816. The fourth-order valence-electron chi connectivity index (χ4n) is 2.18. The molecule has 3 heteroatoms. The van der Waals surface area contributed by atoms with Gasteiger partial charge in [0.15, 0.2) is 0 Å². The second-order valence-electron chi connectivity index (χ2n) is 4.98. The zero-order valence-corrected chi connectivity index (χ0v) is 12.7. The third kappa shape index (κ3) is 4.77. The molecule has 0 aliphatic rings. The van der Waals surface area contributed by atoms with Crippen molar-refractivity contribution in [3.8, 4) is 5.75 Å². The van der Waals surface area contributed by atoms with Gasteiger partial charge in [0, 0.05) is 0 Å². The highest BCUT2D eigenvalue weighted by Gasteiger charge is 2.02. The predicted molar refractivity (Wildman–Crippen MR) is 87.7 cm³/mol. The van der Waals surface area contributed by atoms with Gasteiger partial charge in [0.05, 0.1) is 6.42 Å². The lowest BCUT2D eigenvalue weighted by Crippen LogP contribution is -1.95. The van der Waals surface area contributed by atoms with Crippen LogP contribution in [0.4, 0.5) is 0 Å². The molecular weight excluding hydrogens is 276 g/mol. The summed E-state index contributed by atoms with van der Waals surface area (Å²) in [6.07, 6.45) is 2.62. The summed E-state index contributed by atoms with van der Waals surface area (Å²) in [5.41, 5.74) is 3.20. The Morgan fingerprint density at radius 3 is 2.36 bits per heavy atom. The Morgan fingerprint density at radius 2 is 1.77 bits per heavy atom. The Bertz CT molecular complexity index is 627. The Morgan fingerprint density at radius 1 is 1.09 bits per heavy atom. The van der Waals surface area contributed by atoms with Crippen LogP contribution in [-0.4, -0.2) is 11.1 Å². The van der Waals surface area contributed by atoms with Gasteiger partial charge in [-0.1, -0.05) is 55.5 Å². The van der Waals surface area contributed by atoms with Crippen molar-refractivity contribution in [2.75, 3.05) is 0 Å². The van der Waals surface area contributed by atoms with Crippen molar-refractivity contribution in [3.63, 3.8) is 0 Å². The van der Waals surface area contributed by atoms with E-state index in [1.165, 1.54) is 0 Å². The van der Waals surface area contributed by atoms with Gasteiger partial charge in [-0.15, -0.1) is 0 Å². The molecule has 0 fully saturated rings. The summed E-state index contributed by atoms with van der Waals surface area (Å²) in [6.45, 7) is 2.56. The largest absolute Gasteiger partial charge is 0.489 e. The van der Waals surface area contributed by atoms with Crippen LogP contribution in [-0.2, 0) is 11.4 Å². The van der Waals surface area contributed by atoms with Crippen LogP contribution in [0.15, 0.2) is 60.7 Å². The Balaban J connectivity index is 2.00. The van der Waals surface area contributed by atoms with Crippen LogP contribution in [0.5, 0.6) is 5.75 Å². The first-order chi connectivity index (χ1) is 10.7. The van der Waals surface area contributed by atoms with Crippen molar-refractivity contribution in [1.29, 1.82) is 0 Å². The van der Waals surface area contributed by atoms with Crippen molar-refractivity contribution < 1.29 is 14.6 Å². The summed E-state index contributed by atoms with van der Waals surface area (Å²) in [4.78, 5) is 10.7. The molecule has 0 unspecified atom stereocenters. The highest BCUT2D eigenvalue weighted by molar-refractivity contribution is 5.74. The predicted octanol–water partition coefficient (Wildman–Crippen LogP) is 4.53. The maximum atomic E-state index is 10.7. The van der Waals surface area contributed by atoms with Gasteiger partial charge in [-0.3, -0.25) is 4.79 Å². The van der Waals surface area contributed by atoms with Crippen molar-refractivity contribution in [1.82, 2.24) is 0 Å². The van der Waals surface area contributed by atoms with Crippen molar-refractivity contribution in [3.05, 3.63) is 71.8 Å². The first-order valence-electron chi connectivity index (χ1n) is 7.37. The minimum atomic E-state index is -0.811. The molecule has 22 heavy (non-hydrogen) atoms. The smallest absolute Gasteiger partial charge is 0.307 e. The molecule has 0 aliphatic heterocycles. The van der Waals surface area contributed by atoms with Crippen LogP contribution >= 0.6 is 0 Å². The van der Waals surface area contributed by atoms with Gasteiger partial charge in [-0.2, -0.15) is 0 Å². The van der Waals surface area contributed by atoms with Crippen LogP contribution in [0.25, 0.3) is 5.57 Å². The standard InChI is InChI=1S/C19H20O3/c1-2-16(10-13-19(20)21)17-8-11-18(12-9-17)22-14-15-6-4-3-5-7-15/h3-12H,2,13-14H2,1H3,(H,20,21)/b16-10+. The Hall–Kier alpha value is -2.55. The fourth-order valence-corrected chi connectivity index (χ4v) is 2.18. The average molecular weight is 296 g/mol. The number of carboxylic acids is 1. The molecule has 114 valence electrons. The number of rotatable bonds is 7. The summed E-state index contributed by atoms with van der Waals surface area (Å²) >= 11 is 0. The molecule has 0 aromatic heterocycles. The van der Waals surface area contributed by atoms with Crippen molar-refractivity contribution in [2.45, 2.75) is 26.4 Å². The summed E-state index contributed by atoms with van der Waals surface area (Å²) < 4.78 is 5.75. The Kier molecular flexibility index (Phi) is 5.78. The van der Waals surface area contributed by atoms with Crippen LogP contribution in [0, 0.1) is 0 Å². The first-order valence-corrected chi connectivity index (χ1v) is 7.37. The number of aliphatic carboxylic acids is 1. The third-order valence-corrected chi connectivity index (χ3v) is 3.38. The fraction of sp³-hybridized carbons (Fsp3) is 0.211. The van der Waals surface area contributed by atoms with Gasteiger partial charge in [0.25, 0.3) is 0 Å². The molecule has 0 bridgehead atoms. The maximum Gasteiger partial charge on any atom is 0.307 e. The maximum absolute atomic E-state index is 10.7. The molecule has 0 spiro atoms. The summed E-state index contributed by atoms with van der Waals surface area (Å²) in [5.74, 6) is -0.00458. The lowest BCUT2D eigenvalue weighted by atomic mass is 10.0. The van der Waals surface area contributed by atoms with E-state index >= 15 is 0 Å². The van der Waals surface area contributed by atoms with Crippen molar-refractivity contribution >= 4 is 11.5 Å². The van der Waals surface area contributed by atoms with E-state index in [1.807, 2.05) is 61.5 Å². The number of hydrogen-bond donors (Lipinski definition) is 1. The van der Waals surface area contributed by atoms with Crippen molar-refractivity contribution in [2.24, 2.45) is 0 Å². The molecular formula is C19H20O3. The second-order valence-corrected chi connectivity index (χ2v) is 4.98. The highest BCUT2D eigenvalue weighted by atomic mass is 16.5. The molecule has 0 aliphatic carbocycles. The van der Waals surface area contributed by atoms with Gasteiger partial charge in [-0.25, -0.2) is 0 Å². The second kappa shape index (κ2) is 8.03. The van der Waals surface area contributed by atoms with Crippen LogP contribution in [0.3, 0.4) is 0 Å². The van der Waals surface area contributed by atoms with Gasteiger partial charge in [-0.05, 0) is 35.3 Å². The number of allylic oxidation sites excluding steroid dienone is 1. The summed E-state index contributed by atoms with van der Waals surface area (Å²) in [7, 11) is 0. The van der Waals surface area contributed by atoms with E-state index in [9.17, 15) is 4.79 Å². The summed E-state index contributed by atoms with van der Waals surface area (Å²) in [6, 6.07) is 17.8. The van der Waals surface area contributed by atoms with E-state index < -0.39 is 5.97 Å². The molecule has 0 heterocycles. The minimum Gasteiger partial charge on any atom is -0.489 e. The molecule has 2 aromatic rings. The van der Waals surface area contributed by atoms with E-state index in [0.717, 1.165) is 28.9 Å². The van der Waals surface area contributed by atoms with Gasteiger partial charge < -0.3 is 9.84 Å². The van der Waals surface area contributed by atoms with Crippen LogP contribution in [0.1, 0.15) is 30.9 Å². The highest BCUT2D eigenvalue weighted by Crippen LogP contribution is 2.22. The molecule has 0 amide bonds. The van der Waals surface area contributed by atoms with E-state index in [-0.39, 0.29) is 6.42 Å². The molecule has 0 saturated heterocycles. The molecule has 1 N–H and O–H groups in total. The zero-order valence-electron chi connectivity index (χ0n) is 12.7. The number of ether oxygens (including phenoxy) is 1. The lowest BCUT2D eigenvalue weighted by molar-refractivity contribution is -0.135. The molecule has 0 saturated carbocycles. The molecule has 2 aromatic carbocycles. The van der Waals surface area contributed by atoms with Crippen LogP contribution < -0.4 is 4.74 Å².